The Morgan fingerprint density at radius 2 is 1.76 bits per heavy atom. The number of rotatable bonds is 11. The number of hydrogen-bond donors (Lipinski definition) is 2. The number of halogens is 1. The van der Waals surface area contributed by atoms with Gasteiger partial charge in [0.1, 0.15) is 11.6 Å². The fourth-order valence-electron chi connectivity index (χ4n) is 7.19. The molecule has 10 heteroatoms. The molecule has 5 rings (SSSR count). The van der Waals surface area contributed by atoms with E-state index in [0.717, 1.165) is 49.9 Å². The predicted octanol–water partition coefficient (Wildman–Crippen LogP) is 4.37. The molecule has 2 saturated heterocycles. The molecule has 246 valence electrons. The molecular weight excluding hydrogens is 590 g/mol. The fraction of sp³-hybridized carbons (Fsp3) is 0.600. The van der Waals surface area contributed by atoms with Gasteiger partial charge in [0.05, 0.1) is 5.60 Å². The third-order valence-corrected chi connectivity index (χ3v) is 9.98. The van der Waals surface area contributed by atoms with Crippen LogP contribution in [0.15, 0.2) is 48.7 Å². The van der Waals surface area contributed by atoms with Gasteiger partial charge in [-0.1, -0.05) is 50.8 Å². The second-order valence-electron chi connectivity index (χ2n) is 13.2. The molecule has 0 radical (unpaired) electrons. The molecule has 3 heterocycles. The van der Waals surface area contributed by atoms with E-state index in [-0.39, 0.29) is 30.1 Å². The van der Waals surface area contributed by atoms with Gasteiger partial charge in [0.2, 0.25) is 11.8 Å². The molecule has 9 nitrogen and oxygen atoms in total. The first-order valence-corrected chi connectivity index (χ1v) is 16.5. The van der Waals surface area contributed by atoms with Gasteiger partial charge in [-0.3, -0.25) is 24.3 Å². The third kappa shape index (κ3) is 8.23. The van der Waals surface area contributed by atoms with Gasteiger partial charge < -0.3 is 20.2 Å². The second-order valence-corrected chi connectivity index (χ2v) is 13.2. The molecule has 2 N–H and O–H groups in total. The van der Waals surface area contributed by atoms with Crippen LogP contribution < -0.4 is 5.32 Å². The minimum Gasteiger partial charge on any atom is -0.390 e. The summed E-state index contributed by atoms with van der Waals surface area (Å²) in [5.74, 6) is -0.107. The maximum Gasteiger partial charge on any atom is 0.253 e. The number of carbonyl (C=O) groups is 3. The van der Waals surface area contributed by atoms with Crippen molar-refractivity contribution in [3.63, 3.8) is 0 Å². The Morgan fingerprint density at radius 1 is 1.04 bits per heavy atom. The lowest BCUT2D eigenvalue weighted by atomic mass is 9.77. The van der Waals surface area contributed by atoms with Crippen LogP contribution in [0.2, 0.25) is 0 Å². The molecule has 45 heavy (non-hydrogen) atoms. The summed E-state index contributed by atoms with van der Waals surface area (Å²) in [5, 5.41) is 14.2. The lowest BCUT2D eigenvalue weighted by Crippen LogP contribution is -2.73. The Balaban J connectivity index is 0.00000461. The maximum absolute atomic E-state index is 13.8. The van der Waals surface area contributed by atoms with E-state index >= 15 is 0 Å². The molecule has 3 amide bonds. The largest absolute Gasteiger partial charge is 0.390 e. The maximum atomic E-state index is 13.8. The number of aliphatic hydroxyl groups is 1. The van der Waals surface area contributed by atoms with Crippen molar-refractivity contribution in [2.45, 2.75) is 101 Å². The highest BCUT2D eigenvalue weighted by Crippen LogP contribution is 2.37. The summed E-state index contributed by atoms with van der Waals surface area (Å²) in [5.41, 5.74) is 1.04. The summed E-state index contributed by atoms with van der Waals surface area (Å²) >= 11 is 0. The zero-order valence-electron chi connectivity index (χ0n) is 26.9. The summed E-state index contributed by atoms with van der Waals surface area (Å²) in [6.45, 7) is 5.40. The summed E-state index contributed by atoms with van der Waals surface area (Å²) in [6.07, 6.45) is 10.2. The Kier molecular flexibility index (Phi) is 12.0. The molecule has 1 aromatic heterocycles. The van der Waals surface area contributed by atoms with Crippen LogP contribution in [-0.4, -0.2) is 92.9 Å². The summed E-state index contributed by atoms with van der Waals surface area (Å²) < 4.78 is 0. The van der Waals surface area contributed by atoms with Crippen molar-refractivity contribution in [3.8, 4) is 0 Å². The van der Waals surface area contributed by atoms with E-state index < -0.39 is 17.2 Å². The first-order chi connectivity index (χ1) is 21.2. The van der Waals surface area contributed by atoms with Crippen LogP contribution in [0, 0.1) is 0 Å². The molecule has 1 aromatic carbocycles. The number of benzene rings is 1. The topological polar surface area (TPSA) is 106 Å². The van der Waals surface area contributed by atoms with Gasteiger partial charge in [0.25, 0.3) is 5.91 Å². The number of piperazine rings is 1. The van der Waals surface area contributed by atoms with Crippen LogP contribution in [0.5, 0.6) is 0 Å². The molecule has 1 aliphatic carbocycles. The number of carbonyl (C=O) groups excluding carboxylic acids is 3. The number of nitrogens with zero attached hydrogens (tertiary/aromatic N) is 4. The first kappa shape index (κ1) is 34.9. The van der Waals surface area contributed by atoms with E-state index in [9.17, 15) is 19.5 Å². The minimum absolute atomic E-state index is 0. The summed E-state index contributed by atoms with van der Waals surface area (Å²) in [7, 11) is 1.82. The van der Waals surface area contributed by atoms with Gasteiger partial charge in [0.15, 0.2) is 0 Å². The number of likely N-dealkylation sites (N-methyl/N-ethyl adjacent to an activating group) is 1. The van der Waals surface area contributed by atoms with E-state index in [1.807, 2.05) is 54.4 Å². The Bertz CT molecular complexity index is 1280. The highest BCUT2D eigenvalue weighted by Gasteiger charge is 2.54. The van der Waals surface area contributed by atoms with Crippen molar-refractivity contribution in [2.24, 2.45) is 0 Å². The molecule has 3 fully saturated rings. The van der Waals surface area contributed by atoms with Gasteiger partial charge >= 0.3 is 0 Å². The highest BCUT2D eigenvalue weighted by molar-refractivity contribution is 6.00. The van der Waals surface area contributed by atoms with E-state index in [1.54, 1.807) is 11.1 Å². The molecule has 3 aliphatic rings. The van der Waals surface area contributed by atoms with E-state index in [2.05, 4.69) is 22.1 Å². The van der Waals surface area contributed by atoms with Crippen LogP contribution >= 0.6 is 12.4 Å². The molecule has 2 aliphatic heterocycles. The average molecular weight is 640 g/mol. The number of nitrogens with one attached hydrogen (secondary N) is 1. The first-order valence-electron chi connectivity index (χ1n) is 16.5. The molecular formula is C35H50ClN5O4. The molecule has 1 spiro atoms. The van der Waals surface area contributed by atoms with Gasteiger partial charge in [-0.25, -0.2) is 0 Å². The lowest BCUT2D eigenvalue weighted by molar-refractivity contribution is -0.163. The molecule has 1 saturated carbocycles. The molecule has 0 bridgehead atoms. The average Bonchev–Trinajstić information content (AvgIpc) is 3.04. The number of likely N-dealkylation sites (tertiary alicyclic amines) is 1. The van der Waals surface area contributed by atoms with Gasteiger partial charge in [-0.05, 0) is 61.9 Å². The van der Waals surface area contributed by atoms with Crippen molar-refractivity contribution < 1.29 is 19.5 Å². The number of hydrogen-bond acceptors (Lipinski definition) is 6. The summed E-state index contributed by atoms with van der Waals surface area (Å²) in [4.78, 5) is 50.8. The van der Waals surface area contributed by atoms with Gasteiger partial charge in [-0.15, -0.1) is 12.4 Å². The fourth-order valence-corrected chi connectivity index (χ4v) is 7.19. The number of piperidine rings is 1. The quantitative estimate of drug-likeness (QED) is 0.378. The van der Waals surface area contributed by atoms with E-state index in [0.29, 0.717) is 70.3 Å². The van der Waals surface area contributed by atoms with E-state index in [1.165, 1.54) is 0 Å². The molecule has 0 unspecified atom stereocenters. The van der Waals surface area contributed by atoms with Crippen molar-refractivity contribution in [2.75, 3.05) is 33.2 Å². The highest BCUT2D eigenvalue weighted by atomic mass is 35.5. The van der Waals surface area contributed by atoms with Gasteiger partial charge in [0, 0.05) is 70.1 Å². The third-order valence-electron chi connectivity index (χ3n) is 9.98. The van der Waals surface area contributed by atoms with Crippen molar-refractivity contribution in [1.29, 1.82) is 0 Å². The predicted molar refractivity (Wildman–Crippen MR) is 177 cm³/mol. The van der Waals surface area contributed by atoms with Crippen LogP contribution in [-0.2, 0) is 22.6 Å². The number of aromatic nitrogens is 1. The number of amides is 3. The summed E-state index contributed by atoms with van der Waals surface area (Å²) in [6, 6.07) is 13.0. The van der Waals surface area contributed by atoms with Gasteiger partial charge in [-0.2, -0.15) is 0 Å². The zero-order valence-corrected chi connectivity index (χ0v) is 27.7. The van der Waals surface area contributed by atoms with Crippen molar-refractivity contribution >= 4 is 30.1 Å². The number of unbranched alkanes of at least 4 members (excludes halogenated alkanes) is 1. The normalized spacial score (nSPS) is 21.2. The smallest absolute Gasteiger partial charge is 0.253 e. The lowest BCUT2D eigenvalue weighted by Gasteiger charge is -2.52. The van der Waals surface area contributed by atoms with E-state index in [4.69, 9.17) is 0 Å². The Morgan fingerprint density at radius 3 is 2.40 bits per heavy atom. The van der Waals surface area contributed by atoms with Crippen LogP contribution in [0.1, 0.15) is 92.7 Å². The Hall–Kier alpha value is -3.01. The van der Waals surface area contributed by atoms with Crippen molar-refractivity contribution in [3.05, 3.63) is 65.5 Å². The minimum atomic E-state index is -0.870. The van der Waals surface area contributed by atoms with Crippen LogP contribution in [0.25, 0.3) is 0 Å². The number of pyridine rings is 1. The SMILES string of the molecule is CCCCN1C(=O)[C@@H](CC2(O)CCCCC2)NC(=O)C12CCN(Cc1ccc(C(=O)N(C)CCc3ccccn3)cc1)CC2.Cl. The van der Waals surface area contributed by atoms with Crippen LogP contribution in [0.4, 0.5) is 0 Å². The Labute approximate surface area is 274 Å². The van der Waals surface area contributed by atoms with Crippen molar-refractivity contribution in [1.82, 2.24) is 25.0 Å². The monoisotopic (exact) mass is 639 g/mol. The van der Waals surface area contributed by atoms with Crippen LogP contribution in [0.3, 0.4) is 0 Å². The zero-order chi connectivity index (χ0) is 31.2. The second kappa shape index (κ2) is 15.5. The molecule has 1 atom stereocenters. The molecule has 2 aromatic rings. The standard InChI is InChI=1S/C35H49N5O4.ClH/c1-3-4-21-40-32(42)30(25-34(44)16-7-5-8-17-34)37-33(43)35(40)18-23-39(24-19-35)26-27-11-13-28(14-12-27)31(41)38(2)22-15-29-10-6-9-20-36-29;/h6,9-14,20,30,44H,3-5,7-8,15-19,21-26H2,1-2H3,(H,37,43);1H/t30-;/m1./s1.